The number of benzene rings is 2. The van der Waals surface area contributed by atoms with Gasteiger partial charge in [-0.15, -0.1) is 0 Å². The quantitative estimate of drug-likeness (QED) is 0.881. The van der Waals surface area contributed by atoms with E-state index in [-0.39, 0.29) is 6.04 Å². The maximum Gasteiger partial charge on any atom is 0.316 e. The van der Waals surface area contributed by atoms with E-state index in [9.17, 15) is 9.59 Å². The highest BCUT2D eigenvalue weighted by atomic mass is 16.5. The molecule has 2 aromatic rings. The zero-order chi connectivity index (χ0) is 17.1. The Hall–Kier alpha value is -2.82. The molecule has 0 fully saturated rings. The molecule has 0 saturated heterocycles. The number of para-hydroxylation sites is 1. The second kappa shape index (κ2) is 6.74. The summed E-state index contributed by atoms with van der Waals surface area (Å²) < 4.78 is 5.10. The first-order valence-corrected chi connectivity index (χ1v) is 7.92. The molecule has 0 aliphatic carbocycles. The minimum atomic E-state index is -0.589. The second-order valence-electron chi connectivity index (χ2n) is 5.89. The normalized spacial score (nSPS) is 15.8. The number of ether oxygens (including phenoxy) is 1. The zero-order valence-corrected chi connectivity index (χ0v) is 13.8. The number of amides is 2. The molecule has 5 nitrogen and oxygen atoms in total. The van der Waals surface area contributed by atoms with Crippen LogP contribution < -0.4 is 15.0 Å². The Morgan fingerprint density at radius 3 is 2.58 bits per heavy atom. The summed E-state index contributed by atoms with van der Waals surface area (Å²) in [5.41, 5.74) is 2.84. The van der Waals surface area contributed by atoms with Gasteiger partial charge in [-0.05, 0) is 42.7 Å². The third-order valence-corrected chi connectivity index (χ3v) is 4.23. The smallest absolute Gasteiger partial charge is 0.316 e. The molecule has 0 radical (unpaired) electrons. The van der Waals surface area contributed by atoms with Gasteiger partial charge in [0, 0.05) is 18.3 Å². The molecular weight excluding hydrogens is 304 g/mol. The second-order valence-corrected chi connectivity index (χ2v) is 5.89. The van der Waals surface area contributed by atoms with Crippen LogP contribution in [-0.2, 0) is 22.6 Å². The van der Waals surface area contributed by atoms with Crippen LogP contribution in [0, 0.1) is 0 Å². The van der Waals surface area contributed by atoms with Crippen molar-refractivity contribution in [3.8, 4) is 5.75 Å². The molecule has 0 bridgehead atoms. The Morgan fingerprint density at radius 2 is 1.88 bits per heavy atom. The van der Waals surface area contributed by atoms with E-state index in [4.69, 9.17) is 4.74 Å². The lowest BCUT2D eigenvalue weighted by molar-refractivity contribution is -0.137. The molecule has 0 spiro atoms. The number of methoxy groups -OCH3 is 1. The summed E-state index contributed by atoms with van der Waals surface area (Å²) in [6, 6.07) is 15.1. The first-order valence-electron chi connectivity index (χ1n) is 7.92. The number of carbonyl (C=O) groups excluding carboxylic acids is 2. The van der Waals surface area contributed by atoms with Crippen molar-refractivity contribution in [3.63, 3.8) is 0 Å². The van der Waals surface area contributed by atoms with Gasteiger partial charge in [-0.3, -0.25) is 9.59 Å². The van der Waals surface area contributed by atoms with Crippen LogP contribution in [0.4, 0.5) is 5.69 Å². The molecule has 2 amide bonds. The lowest BCUT2D eigenvalue weighted by Gasteiger charge is -2.22. The average molecular weight is 324 g/mol. The Bertz CT molecular complexity index is 755. The summed E-state index contributed by atoms with van der Waals surface area (Å²) in [4.78, 5) is 26.4. The topological polar surface area (TPSA) is 58.6 Å². The van der Waals surface area contributed by atoms with Gasteiger partial charge in [0.15, 0.2) is 0 Å². The highest BCUT2D eigenvalue weighted by Crippen LogP contribution is 2.31. The average Bonchev–Trinajstić information content (AvgIpc) is 2.95. The number of nitrogens with one attached hydrogen (secondary N) is 1. The molecule has 1 aliphatic heterocycles. The van der Waals surface area contributed by atoms with E-state index >= 15 is 0 Å². The molecule has 1 N–H and O–H groups in total. The van der Waals surface area contributed by atoms with E-state index < -0.39 is 11.8 Å². The van der Waals surface area contributed by atoms with Crippen LogP contribution in [0.1, 0.15) is 18.1 Å². The number of fused-ring (bicyclic) bond motifs is 1. The number of anilines is 1. The molecule has 1 heterocycles. The zero-order valence-electron chi connectivity index (χ0n) is 13.8. The Kier molecular flexibility index (Phi) is 4.51. The van der Waals surface area contributed by atoms with Crippen LogP contribution in [0.5, 0.6) is 5.75 Å². The lowest BCUT2D eigenvalue weighted by atomic mass is 10.1. The summed E-state index contributed by atoms with van der Waals surface area (Å²) in [5.74, 6) is -0.348. The third-order valence-electron chi connectivity index (χ3n) is 4.23. The summed E-state index contributed by atoms with van der Waals surface area (Å²) >= 11 is 0. The number of hydrogen-bond acceptors (Lipinski definition) is 3. The van der Waals surface area contributed by atoms with Crippen LogP contribution in [0.2, 0.25) is 0 Å². The van der Waals surface area contributed by atoms with Gasteiger partial charge in [-0.1, -0.05) is 30.3 Å². The van der Waals surface area contributed by atoms with Crippen molar-refractivity contribution in [2.75, 3.05) is 12.0 Å². The van der Waals surface area contributed by atoms with Crippen molar-refractivity contribution in [2.24, 2.45) is 0 Å². The summed E-state index contributed by atoms with van der Waals surface area (Å²) in [5, 5.41) is 2.69. The molecule has 1 aliphatic rings. The van der Waals surface area contributed by atoms with Crippen LogP contribution in [0.15, 0.2) is 48.5 Å². The van der Waals surface area contributed by atoms with E-state index in [0.29, 0.717) is 6.54 Å². The maximum absolute atomic E-state index is 12.5. The summed E-state index contributed by atoms with van der Waals surface area (Å²) in [7, 11) is 1.60. The molecule has 1 atom stereocenters. The van der Waals surface area contributed by atoms with Crippen molar-refractivity contribution in [1.29, 1.82) is 0 Å². The van der Waals surface area contributed by atoms with E-state index in [2.05, 4.69) is 5.32 Å². The largest absolute Gasteiger partial charge is 0.497 e. The molecule has 24 heavy (non-hydrogen) atoms. The number of rotatable bonds is 3. The molecular formula is C19H20N2O3. The van der Waals surface area contributed by atoms with Crippen molar-refractivity contribution in [3.05, 3.63) is 59.7 Å². The molecule has 5 heteroatoms. The lowest BCUT2D eigenvalue weighted by Crippen LogP contribution is -2.45. The van der Waals surface area contributed by atoms with Crippen molar-refractivity contribution in [2.45, 2.75) is 25.9 Å². The number of carbonyl (C=O) groups is 2. The molecule has 0 saturated carbocycles. The maximum atomic E-state index is 12.5. The first-order chi connectivity index (χ1) is 11.6. The Labute approximate surface area is 141 Å². The fraction of sp³-hybridized carbons (Fsp3) is 0.263. The van der Waals surface area contributed by atoms with Crippen LogP contribution in [-0.4, -0.2) is 25.0 Å². The first kappa shape index (κ1) is 16.1. The standard InChI is InChI=1S/C19H20N2O3/c1-13-11-15-5-3-4-6-17(15)21(13)19(23)18(22)20-12-14-7-9-16(24-2)10-8-14/h3-10,13H,11-12H2,1-2H3,(H,20,22). The third kappa shape index (κ3) is 3.11. The van der Waals surface area contributed by atoms with Gasteiger partial charge in [0.2, 0.25) is 0 Å². The summed E-state index contributed by atoms with van der Waals surface area (Å²) in [6.07, 6.45) is 0.772. The van der Waals surface area contributed by atoms with Crippen LogP contribution in [0.25, 0.3) is 0 Å². The Balaban J connectivity index is 1.65. The fourth-order valence-corrected chi connectivity index (χ4v) is 2.99. The predicted molar refractivity (Wildman–Crippen MR) is 91.9 cm³/mol. The van der Waals surface area contributed by atoms with Crippen molar-refractivity contribution in [1.82, 2.24) is 5.32 Å². The fourth-order valence-electron chi connectivity index (χ4n) is 2.99. The highest BCUT2D eigenvalue weighted by molar-refractivity contribution is 6.40. The number of nitrogens with zero attached hydrogens (tertiary/aromatic N) is 1. The van der Waals surface area contributed by atoms with E-state index in [1.165, 1.54) is 0 Å². The monoisotopic (exact) mass is 324 g/mol. The van der Waals surface area contributed by atoms with Crippen molar-refractivity contribution >= 4 is 17.5 Å². The van der Waals surface area contributed by atoms with Gasteiger partial charge in [0.25, 0.3) is 0 Å². The molecule has 124 valence electrons. The van der Waals surface area contributed by atoms with Crippen LogP contribution >= 0.6 is 0 Å². The molecule has 1 unspecified atom stereocenters. The predicted octanol–water partition coefficient (Wildman–Crippen LogP) is 2.29. The number of hydrogen-bond donors (Lipinski definition) is 1. The van der Waals surface area contributed by atoms with Gasteiger partial charge in [0.1, 0.15) is 5.75 Å². The SMILES string of the molecule is COc1ccc(CNC(=O)C(=O)N2c3ccccc3CC2C)cc1. The minimum absolute atomic E-state index is 0.0124. The minimum Gasteiger partial charge on any atom is -0.497 e. The van der Waals surface area contributed by atoms with Crippen molar-refractivity contribution < 1.29 is 14.3 Å². The van der Waals surface area contributed by atoms with Gasteiger partial charge >= 0.3 is 11.8 Å². The van der Waals surface area contributed by atoms with E-state index in [1.807, 2.05) is 55.5 Å². The molecule has 0 aromatic heterocycles. The van der Waals surface area contributed by atoms with Gasteiger partial charge in [0.05, 0.1) is 7.11 Å². The molecule has 2 aromatic carbocycles. The van der Waals surface area contributed by atoms with Gasteiger partial charge in [-0.25, -0.2) is 0 Å². The van der Waals surface area contributed by atoms with E-state index in [1.54, 1.807) is 12.0 Å². The summed E-state index contributed by atoms with van der Waals surface area (Å²) in [6.45, 7) is 2.26. The van der Waals surface area contributed by atoms with Gasteiger partial charge < -0.3 is 15.0 Å². The van der Waals surface area contributed by atoms with Gasteiger partial charge in [-0.2, -0.15) is 0 Å². The molecule has 3 rings (SSSR count). The van der Waals surface area contributed by atoms with Crippen LogP contribution in [0.3, 0.4) is 0 Å². The Morgan fingerprint density at radius 1 is 1.17 bits per heavy atom. The highest BCUT2D eigenvalue weighted by Gasteiger charge is 2.33. The van der Waals surface area contributed by atoms with E-state index in [0.717, 1.165) is 29.0 Å².